The van der Waals surface area contributed by atoms with E-state index in [1.807, 2.05) is 0 Å². The van der Waals surface area contributed by atoms with Crippen molar-refractivity contribution in [1.82, 2.24) is 14.9 Å². The van der Waals surface area contributed by atoms with Crippen molar-refractivity contribution in [3.8, 4) is 0 Å². The van der Waals surface area contributed by atoms with Crippen LogP contribution in [0.2, 0.25) is 0 Å². The number of nitrogens with zero attached hydrogens (tertiary/aromatic N) is 4. The van der Waals surface area contributed by atoms with Crippen molar-refractivity contribution in [1.29, 1.82) is 0 Å². The van der Waals surface area contributed by atoms with Crippen LogP contribution in [0.15, 0.2) is 42.7 Å². The minimum atomic E-state index is -0.487. The Morgan fingerprint density at radius 1 is 1.12 bits per heavy atom. The standard InChI is InChI=1S/C17H19N5O3/c18-15(23)14-4-2-13(3-5-14)12-22(16-19-6-1-7-20-16)17(24)21-8-10-25-11-9-21/h1-7H,8-12H2,(H2,18,23). The van der Waals surface area contributed by atoms with Crippen LogP contribution >= 0.6 is 0 Å². The third kappa shape index (κ3) is 4.10. The number of morpholine rings is 1. The highest BCUT2D eigenvalue weighted by Gasteiger charge is 2.26. The van der Waals surface area contributed by atoms with Gasteiger partial charge in [-0.05, 0) is 23.8 Å². The molecule has 3 rings (SSSR count). The van der Waals surface area contributed by atoms with Crippen molar-refractivity contribution in [2.45, 2.75) is 6.54 Å². The summed E-state index contributed by atoms with van der Waals surface area (Å²) in [5.41, 5.74) is 6.53. The monoisotopic (exact) mass is 341 g/mol. The highest BCUT2D eigenvalue weighted by molar-refractivity contribution is 5.93. The smallest absolute Gasteiger partial charge is 0.327 e. The van der Waals surface area contributed by atoms with Crippen LogP contribution in [0.25, 0.3) is 0 Å². The lowest BCUT2D eigenvalue weighted by atomic mass is 10.1. The molecule has 25 heavy (non-hydrogen) atoms. The van der Waals surface area contributed by atoms with Crippen LogP contribution in [-0.4, -0.2) is 53.1 Å². The number of rotatable bonds is 4. The number of benzene rings is 1. The molecule has 8 heteroatoms. The predicted molar refractivity (Wildman–Crippen MR) is 91.0 cm³/mol. The van der Waals surface area contributed by atoms with E-state index in [1.54, 1.807) is 47.6 Å². The molecule has 8 nitrogen and oxygen atoms in total. The zero-order valence-electron chi connectivity index (χ0n) is 13.7. The Morgan fingerprint density at radius 2 is 1.76 bits per heavy atom. The number of anilines is 1. The number of amides is 3. The Labute approximate surface area is 145 Å². The molecule has 0 saturated carbocycles. The minimum Gasteiger partial charge on any atom is -0.378 e. The molecule has 0 bridgehead atoms. The molecule has 130 valence electrons. The lowest BCUT2D eigenvalue weighted by molar-refractivity contribution is 0.0547. The molecule has 3 amide bonds. The molecule has 2 N–H and O–H groups in total. The number of ether oxygens (including phenoxy) is 1. The normalized spacial score (nSPS) is 14.2. The number of aromatic nitrogens is 2. The van der Waals surface area contributed by atoms with Gasteiger partial charge in [0.25, 0.3) is 0 Å². The summed E-state index contributed by atoms with van der Waals surface area (Å²) < 4.78 is 5.30. The molecule has 1 aromatic carbocycles. The molecule has 1 fully saturated rings. The molecule has 1 saturated heterocycles. The zero-order valence-corrected chi connectivity index (χ0v) is 13.7. The van der Waals surface area contributed by atoms with E-state index in [-0.39, 0.29) is 6.03 Å². The minimum absolute atomic E-state index is 0.173. The molecule has 2 heterocycles. The van der Waals surface area contributed by atoms with Crippen LogP contribution in [-0.2, 0) is 11.3 Å². The summed E-state index contributed by atoms with van der Waals surface area (Å²) in [4.78, 5) is 35.7. The first-order valence-corrected chi connectivity index (χ1v) is 7.95. The number of nitrogens with two attached hydrogens (primary N) is 1. The van der Waals surface area contributed by atoms with Crippen LogP contribution in [0.5, 0.6) is 0 Å². The second-order valence-electron chi connectivity index (χ2n) is 5.58. The van der Waals surface area contributed by atoms with E-state index in [0.717, 1.165) is 5.56 Å². The molecule has 1 aromatic heterocycles. The van der Waals surface area contributed by atoms with Gasteiger partial charge < -0.3 is 15.4 Å². The van der Waals surface area contributed by atoms with Crippen molar-refractivity contribution < 1.29 is 14.3 Å². The first-order valence-electron chi connectivity index (χ1n) is 7.95. The lowest BCUT2D eigenvalue weighted by Gasteiger charge is -2.32. The molecule has 0 aliphatic carbocycles. The van der Waals surface area contributed by atoms with Gasteiger partial charge in [-0.3, -0.25) is 9.69 Å². The van der Waals surface area contributed by atoms with Crippen LogP contribution in [0, 0.1) is 0 Å². The molecular formula is C17H19N5O3. The van der Waals surface area contributed by atoms with Crippen LogP contribution < -0.4 is 10.6 Å². The van der Waals surface area contributed by atoms with E-state index in [9.17, 15) is 9.59 Å². The fourth-order valence-electron chi connectivity index (χ4n) is 2.54. The van der Waals surface area contributed by atoms with E-state index < -0.39 is 5.91 Å². The molecule has 2 aromatic rings. The summed E-state index contributed by atoms with van der Waals surface area (Å²) in [6.07, 6.45) is 3.19. The topological polar surface area (TPSA) is 102 Å². The molecule has 0 radical (unpaired) electrons. The summed E-state index contributed by atoms with van der Waals surface area (Å²) in [6.45, 7) is 2.38. The van der Waals surface area contributed by atoms with Crippen LogP contribution in [0.1, 0.15) is 15.9 Å². The zero-order chi connectivity index (χ0) is 17.6. The van der Waals surface area contributed by atoms with Crippen LogP contribution in [0.4, 0.5) is 10.7 Å². The summed E-state index contributed by atoms with van der Waals surface area (Å²) in [6, 6.07) is 8.34. The number of urea groups is 1. The van der Waals surface area contributed by atoms with Gasteiger partial charge in [0.2, 0.25) is 11.9 Å². The van der Waals surface area contributed by atoms with E-state index in [2.05, 4.69) is 9.97 Å². The van der Waals surface area contributed by atoms with Gasteiger partial charge >= 0.3 is 6.03 Å². The highest BCUT2D eigenvalue weighted by Crippen LogP contribution is 2.16. The third-order valence-electron chi connectivity index (χ3n) is 3.89. The maximum absolute atomic E-state index is 12.9. The quantitative estimate of drug-likeness (QED) is 0.895. The Morgan fingerprint density at radius 3 is 2.36 bits per heavy atom. The third-order valence-corrected chi connectivity index (χ3v) is 3.89. The Kier molecular flexibility index (Phi) is 5.20. The Balaban J connectivity index is 1.83. The second-order valence-corrected chi connectivity index (χ2v) is 5.58. The first kappa shape index (κ1) is 16.8. The van der Waals surface area contributed by atoms with Gasteiger partial charge in [0.05, 0.1) is 19.8 Å². The number of hydrogen-bond acceptors (Lipinski definition) is 5. The lowest BCUT2D eigenvalue weighted by Crippen LogP contribution is -2.48. The number of carbonyl (C=O) groups is 2. The van der Waals surface area contributed by atoms with E-state index in [0.29, 0.717) is 44.4 Å². The van der Waals surface area contributed by atoms with Gasteiger partial charge in [-0.1, -0.05) is 12.1 Å². The molecule has 1 aliphatic heterocycles. The summed E-state index contributed by atoms with van der Waals surface area (Å²) in [7, 11) is 0. The van der Waals surface area contributed by atoms with Crippen LogP contribution in [0.3, 0.4) is 0 Å². The van der Waals surface area contributed by atoms with Gasteiger partial charge in [-0.15, -0.1) is 0 Å². The van der Waals surface area contributed by atoms with Gasteiger partial charge in [0, 0.05) is 31.0 Å². The molecule has 0 spiro atoms. The predicted octanol–water partition coefficient (Wildman–Crippen LogP) is 1.03. The van der Waals surface area contributed by atoms with E-state index >= 15 is 0 Å². The van der Waals surface area contributed by atoms with Crippen molar-refractivity contribution in [3.05, 3.63) is 53.9 Å². The Bertz CT molecular complexity index is 730. The number of carbonyl (C=O) groups excluding carboxylic acids is 2. The van der Waals surface area contributed by atoms with E-state index in [1.165, 1.54) is 4.90 Å². The van der Waals surface area contributed by atoms with Crippen molar-refractivity contribution in [2.75, 3.05) is 31.2 Å². The summed E-state index contributed by atoms with van der Waals surface area (Å²) in [5, 5.41) is 0. The number of hydrogen-bond donors (Lipinski definition) is 1. The maximum atomic E-state index is 12.9. The van der Waals surface area contributed by atoms with E-state index in [4.69, 9.17) is 10.5 Å². The highest BCUT2D eigenvalue weighted by atomic mass is 16.5. The average Bonchev–Trinajstić information content (AvgIpc) is 2.67. The molecule has 1 aliphatic rings. The van der Waals surface area contributed by atoms with Gasteiger partial charge in [0.15, 0.2) is 0 Å². The maximum Gasteiger partial charge on any atom is 0.327 e. The van der Waals surface area contributed by atoms with Gasteiger partial charge in [-0.2, -0.15) is 0 Å². The summed E-state index contributed by atoms with van der Waals surface area (Å²) in [5.74, 6) is -0.155. The SMILES string of the molecule is NC(=O)c1ccc(CN(C(=O)N2CCOCC2)c2ncccn2)cc1. The fraction of sp³-hybridized carbons (Fsp3) is 0.294. The molecule has 0 atom stereocenters. The van der Waals surface area contributed by atoms with Crippen molar-refractivity contribution in [3.63, 3.8) is 0 Å². The van der Waals surface area contributed by atoms with Crippen molar-refractivity contribution in [2.24, 2.45) is 5.73 Å². The Hall–Kier alpha value is -3.00. The van der Waals surface area contributed by atoms with Gasteiger partial charge in [0.1, 0.15) is 0 Å². The van der Waals surface area contributed by atoms with Gasteiger partial charge in [-0.25, -0.2) is 14.8 Å². The molecule has 0 unspecified atom stereocenters. The summed E-state index contributed by atoms with van der Waals surface area (Å²) >= 11 is 0. The largest absolute Gasteiger partial charge is 0.378 e. The fourth-order valence-corrected chi connectivity index (χ4v) is 2.54. The average molecular weight is 341 g/mol. The van der Waals surface area contributed by atoms with Crippen molar-refractivity contribution >= 4 is 17.9 Å². The number of primary amides is 1. The second kappa shape index (κ2) is 7.71. The molecular weight excluding hydrogens is 322 g/mol. The first-order chi connectivity index (χ1) is 12.1.